The standard InChI is InChI=1S/C14H7BrClFN2O/c15-12-9-4-2-1-3-8(9)5-6-11(12)20-13-10(17)7-18-14(16)19-13/h1-7H. The van der Waals surface area contributed by atoms with Gasteiger partial charge in [-0.05, 0) is 44.4 Å². The quantitative estimate of drug-likeness (QED) is 0.610. The summed E-state index contributed by atoms with van der Waals surface area (Å²) in [5.74, 6) is -0.423. The molecule has 3 nitrogen and oxygen atoms in total. The van der Waals surface area contributed by atoms with Crippen molar-refractivity contribution in [3.63, 3.8) is 0 Å². The van der Waals surface area contributed by atoms with Crippen molar-refractivity contribution < 1.29 is 9.13 Å². The molecule has 2 aromatic carbocycles. The maximum Gasteiger partial charge on any atom is 0.260 e. The summed E-state index contributed by atoms with van der Waals surface area (Å²) in [6.45, 7) is 0. The average Bonchev–Trinajstić information content (AvgIpc) is 2.46. The van der Waals surface area contributed by atoms with Crippen molar-refractivity contribution in [2.24, 2.45) is 0 Å². The van der Waals surface area contributed by atoms with E-state index in [-0.39, 0.29) is 11.2 Å². The fraction of sp³-hybridized carbons (Fsp3) is 0. The normalized spacial score (nSPS) is 10.8. The SMILES string of the molecule is Fc1cnc(Cl)nc1Oc1ccc2ccccc2c1Br. The molecule has 20 heavy (non-hydrogen) atoms. The van der Waals surface area contributed by atoms with Crippen molar-refractivity contribution >= 4 is 38.3 Å². The highest BCUT2D eigenvalue weighted by Gasteiger charge is 2.12. The van der Waals surface area contributed by atoms with Crippen LogP contribution in [0.4, 0.5) is 4.39 Å². The van der Waals surface area contributed by atoms with E-state index in [0.717, 1.165) is 21.4 Å². The van der Waals surface area contributed by atoms with Crippen molar-refractivity contribution in [1.29, 1.82) is 0 Å². The summed E-state index contributed by atoms with van der Waals surface area (Å²) in [6.07, 6.45) is 0.972. The van der Waals surface area contributed by atoms with Crippen LogP contribution in [0.15, 0.2) is 47.1 Å². The van der Waals surface area contributed by atoms with Crippen molar-refractivity contribution in [3.05, 3.63) is 58.2 Å². The first-order chi connectivity index (χ1) is 9.65. The first kappa shape index (κ1) is 13.3. The summed E-state index contributed by atoms with van der Waals surface area (Å²) >= 11 is 9.10. The van der Waals surface area contributed by atoms with Gasteiger partial charge in [0.15, 0.2) is 0 Å². The predicted molar refractivity (Wildman–Crippen MR) is 78.7 cm³/mol. The smallest absolute Gasteiger partial charge is 0.260 e. The zero-order valence-corrected chi connectivity index (χ0v) is 12.3. The molecule has 0 fully saturated rings. The molecule has 0 saturated heterocycles. The topological polar surface area (TPSA) is 35.0 Å². The molecule has 1 aromatic heterocycles. The number of benzene rings is 2. The predicted octanol–water partition coefficient (Wildman–Crippen LogP) is 4.98. The Kier molecular flexibility index (Phi) is 3.54. The van der Waals surface area contributed by atoms with Crippen LogP contribution in [0.1, 0.15) is 0 Å². The molecule has 0 radical (unpaired) electrons. The molecule has 3 rings (SSSR count). The van der Waals surface area contributed by atoms with Gasteiger partial charge < -0.3 is 4.74 Å². The number of rotatable bonds is 2. The van der Waals surface area contributed by atoms with Gasteiger partial charge in [-0.3, -0.25) is 0 Å². The van der Waals surface area contributed by atoms with E-state index in [9.17, 15) is 4.39 Å². The van der Waals surface area contributed by atoms with Crippen molar-refractivity contribution in [1.82, 2.24) is 9.97 Å². The van der Waals surface area contributed by atoms with Crippen LogP contribution in [0, 0.1) is 5.82 Å². The van der Waals surface area contributed by atoms with E-state index in [1.54, 1.807) is 6.07 Å². The highest BCUT2D eigenvalue weighted by molar-refractivity contribution is 9.10. The average molecular weight is 354 g/mol. The summed E-state index contributed by atoms with van der Waals surface area (Å²) in [5.41, 5.74) is 0. The number of fused-ring (bicyclic) bond motifs is 1. The fourth-order valence-electron chi connectivity index (χ4n) is 1.80. The molecule has 0 bridgehead atoms. The van der Waals surface area contributed by atoms with Crippen LogP contribution in [0.5, 0.6) is 11.6 Å². The molecular formula is C14H7BrClFN2O. The lowest BCUT2D eigenvalue weighted by molar-refractivity contribution is 0.418. The Balaban J connectivity index is 2.07. The monoisotopic (exact) mass is 352 g/mol. The summed E-state index contributed by atoms with van der Waals surface area (Å²) in [6, 6.07) is 11.4. The fourth-order valence-corrected chi connectivity index (χ4v) is 2.50. The number of hydrogen-bond donors (Lipinski definition) is 0. The molecule has 0 N–H and O–H groups in total. The van der Waals surface area contributed by atoms with Gasteiger partial charge in [0, 0.05) is 0 Å². The van der Waals surface area contributed by atoms with Gasteiger partial charge in [-0.25, -0.2) is 4.98 Å². The molecule has 0 atom stereocenters. The molecule has 100 valence electrons. The Hall–Kier alpha value is -1.72. The van der Waals surface area contributed by atoms with E-state index in [1.807, 2.05) is 30.3 Å². The van der Waals surface area contributed by atoms with E-state index >= 15 is 0 Å². The Morgan fingerprint density at radius 3 is 2.80 bits per heavy atom. The molecule has 1 heterocycles. The Bertz CT molecular complexity index is 797. The third kappa shape index (κ3) is 2.46. The largest absolute Gasteiger partial charge is 0.435 e. The maximum absolute atomic E-state index is 13.6. The second-order valence-corrected chi connectivity index (χ2v) is 5.12. The number of nitrogens with zero attached hydrogens (tertiary/aromatic N) is 2. The minimum absolute atomic E-state index is 0.0710. The van der Waals surface area contributed by atoms with Gasteiger partial charge in [-0.1, -0.05) is 30.3 Å². The summed E-state index contributed by atoms with van der Waals surface area (Å²) < 4.78 is 19.8. The van der Waals surface area contributed by atoms with Gasteiger partial charge in [0.05, 0.1) is 10.7 Å². The summed E-state index contributed by atoms with van der Waals surface area (Å²) in [5, 5.41) is 1.94. The Morgan fingerprint density at radius 1 is 1.15 bits per heavy atom. The molecule has 0 aliphatic rings. The molecule has 3 aromatic rings. The van der Waals surface area contributed by atoms with E-state index in [4.69, 9.17) is 16.3 Å². The molecular weight excluding hydrogens is 347 g/mol. The molecule has 6 heteroatoms. The molecule has 0 aliphatic carbocycles. The maximum atomic E-state index is 13.6. The van der Waals surface area contributed by atoms with E-state index in [2.05, 4.69) is 25.9 Å². The van der Waals surface area contributed by atoms with Crippen LogP contribution in [-0.2, 0) is 0 Å². The first-order valence-electron chi connectivity index (χ1n) is 5.68. The highest BCUT2D eigenvalue weighted by atomic mass is 79.9. The van der Waals surface area contributed by atoms with E-state index < -0.39 is 5.82 Å². The van der Waals surface area contributed by atoms with Gasteiger partial charge in [-0.15, -0.1) is 0 Å². The molecule has 0 saturated carbocycles. The van der Waals surface area contributed by atoms with Crippen LogP contribution in [-0.4, -0.2) is 9.97 Å². The minimum atomic E-state index is -0.672. The van der Waals surface area contributed by atoms with E-state index in [0.29, 0.717) is 5.75 Å². The number of aromatic nitrogens is 2. The van der Waals surface area contributed by atoms with Gasteiger partial charge in [0.1, 0.15) is 5.75 Å². The van der Waals surface area contributed by atoms with Crippen molar-refractivity contribution in [2.75, 3.05) is 0 Å². The van der Waals surface area contributed by atoms with Gasteiger partial charge >= 0.3 is 0 Å². The third-order valence-electron chi connectivity index (χ3n) is 2.72. The summed E-state index contributed by atoms with van der Waals surface area (Å²) in [4.78, 5) is 7.27. The zero-order valence-electron chi connectivity index (χ0n) is 9.98. The third-order valence-corrected chi connectivity index (χ3v) is 3.72. The molecule has 0 amide bonds. The lowest BCUT2D eigenvalue weighted by Gasteiger charge is -2.09. The molecule has 0 unspecified atom stereocenters. The first-order valence-corrected chi connectivity index (χ1v) is 6.85. The van der Waals surface area contributed by atoms with Crippen LogP contribution >= 0.6 is 27.5 Å². The Morgan fingerprint density at radius 2 is 1.95 bits per heavy atom. The van der Waals surface area contributed by atoms with Crippen molar-refractivity contribution in [2.45, 2.75) is 0 Å². The summed E-state index contributed by atoms with van der Waals surface area (Å²) in [7, 11) is 0. The van der Waals surface area contributed by atoms with Crippen LogP contribution < -0.4 is 4.74 Å². The second-order valence-electron chi connectivity index (χ2n) is 3.99. The van der Waals surface area contributed by atoms with Gasteiger partial charge in [0.2, 0.25) is 11.1 Å². The zero-order chi connectivity index (χ0) is 14.1. The Labute approximate surface area is 127 Å². The van der Waals surface area contributed by atoms with Crippen LogP contribution in [0.3, 0.4) is 0 Å². The number of halogens is 3. The lowest BCUT2D eigenvalue weighted by atomic mass is 10.1. The highest BCUT2D eigenvalue weighted by Crippen LogP contribution is 2.35. The van der Waals surface area contributed by atoms with E-state index in [1.165, 1.54) is 0 Å². The molecule has 0 aliphatic heterocycles. The van der Waals surface area contributed by atoms with Crippen LogP contribution in [0.2, 0.25) is 5.28 Å². The number of hydrogen-bond acceptors (Lipinski definition) is 3. The second kappa shape index (κ2) is 5.34. The molecule has 0 spiro atoms. The van der Waals surface area contributed by atoms with Crippen LogP contribution in [0.25, 0.3) is 10.8 Å². The minimum Gasteiger partial charge on any atom is -0.435 e. The van der Waals surface area contributed by atoms with Crippen molar-refractivity contribution in [3.8, 4) is 11.6 Å². The lowest BCUT2D eigenvalue weighted by Crippen LogP contribution is -1.95. The number of ether oxygens (including phenoxy) is 1. The van der Waals surface area contributed by atoms with Gasteiger partial charge in [-0.2, -0.15) is 9.37 Å². The van der Waals surface area contributed by atoms with Gasteiger partial charge in [0.25, 0.3) is 5.88 Å².